The molecule has 0 amide bonds. The monoisotopic (exact) mass is 395 g/mol. The third-order valence-corrected chi connectivity index (χ3v) is 4.14. The van der Waals surface area contributed by atoms with Gasteiger partial charge in [0.05, 0.1) is 15.7 Å². The van der Waals surface area contributed by atoms with Gasteiger partial charge in [0.2, 0.25) is 0 Å². The summed E-state index contributed by atoms with van der Waals surface area (Å²) in [7, 11) is 0. The van der Waals surface area contributed by atoms with Crippen LogP contribution in [-0.4, -0.2) is 9.97 Å². The van der Waals surface area contributed by atoms with Crippen molar-refractivity contribution in [1.82, 2.24) is 9.97 Å². The van der Waals surface area contributed by atoms with Crippen molar-refractivity contribution < 1.29 is 0 Å². The zero-order valence-corrected chi connectivity index (χ0v) is 12.9. The molecule has 1 heterocycles. The molecule has 0 fully saturated rings. The number of rotatable bonds is 2. The lowest BCUT2D eigenvalue weighted by Crippen LogP contribution is -1.95. The molecule has 2 rings (SSSR count). The van der Waals surface area contributed by atoms with Gasteiger partial charge in [-0.3, -0.25) is 0 Å². The molecule has 17 heavy (non-hydrogen) atoms. The standard InChI is InChI=1S/C10H5Br2Cl2N3/c11-5-1-2-6(10(14)9(5)13)17-8-3-7(12)15-4-16-8/h1-4H,(H,15,16,17). The highest BCUT2D eigenvalue weighted by Crippen LogP contribution is 2.36. The molecule has 1 aromatic heterocycles. The van der Waals surface area contributed by atoms with Crippen LogP contribution in [-0.2, 0) is 0 Å². The predicted molar refractivity (Wildman–Crippen MR) is 77.2 cm³/mol. The molecular weight excluding hydrogens is 393 g/mol. The van der Waals surface area contributed by atoms with Crippen LogP contribution in [0.2, 0.25) is 10.0 Å². The van der Waals surface area contributed by atoms with E-state index in [1.54, 1.807) is 6.07 Å². The minimum Gasteiger partial charge on any atom is -0.339 e. The Morgan fingerprint density at radius 1 is 1.06 bits per heavy atom. The third-order valence-electron chi connectivity index (χ3n) is 1.93. The fraction of sp³-hybridized carbons (Fsp3) is 0. The Balaban J connectivity index is 2.34. The van der Waals surface area contributed by atoms with Gasteiger partial charge in [0.15, 0.2) is 0 Å². The van der Waals surface area contributed by atoms with Crippen LogP contribution in [0.25, 0.3) is 0 Å². The second-order valence-corrected chi connectivity index (χ2v) is 5.50. The molecule has 7 heteroatoms. The predicted octanol–water partition coefficient (Wildman–Crippen LogP) is 5.05. The number of anilines is 2. The van der Waals surface area contributed by atoms with Crippen molar-refractivity contribution in [3.05, 3.63) is 43.6 Å². The minimum atomic E-state index is 0.441. The number of nitrogens with one attached hydrogen (secondary N) is 1. The topological polar surface area (TPSA) is 37.8 Å². The number of hydrogen-bond acceptors (Lipinski definition) is 3. The number of nitrogens with zero attached hydrogens (tertiary/aromatic N) is 2. The van der Waals surface area contributed by atoms with E-state index in [-0.39, 0.29) is 0 Å². The van der Waals surface area contributed by atoms with E-state index in [0.29, 0.717) is 26.2 Å². The minimum absolute atomic E-state index is 0.441. The average Bonchev–Trinajstić information content (AvgIpc) is 2.30. The van der Waals surface area contributed by atoms with Crippen molar-refractivity contribution in [2.45, 2.75) is 0 Å². The lowest BCUT2D eigenvalue weighted by molar-refractivity contribution is 1.14. The van der Waals surface area contributed by atoms with Gasteiger partial charge in [-0.15, -0.1) is 0 Å². The van der Waals surface area contributed by atoms with E-state index >= 15 is 0 Å². The molecule has 0 spiro atoms. The maximum Gasteiger partial charge on any atom is 0.134 e. The van der Waals surface area contributed by atoms with Crippen molar-refractivity contribution in [3.63, 3.8) is 0 Å². The normalized spacial score (nSPS) is 10.4. The smallest absolute Gasteiger partial charge is 0.134 e. The Labute approximate surface area is 125 Å². The quantitative estimate of drug-likeness (QED) is 0.569. The van der Waals surface area contributed by atoms with Gasteiger partial charge >= 0.3 is 0 Å². The van der Waals surface area contributed by atoms with Crippen LogP contribution in [0.3, 0.4) is 0 Å². The lowest BCUT2D eigenvalue weighted by atomic mass is 10.3. The SMILES string of the molecule is Clc1c(Br)ccc(Nc2cc(Br)ncn2)c1Cl. The van der Waals surface area contributed by atoms with Gasteiger partial charge in [-0.25, -0.2) is 9.97 Å². The van der Waals surface area contributed by atoms with E-state index in [2.05, 4.69) is 47.1 Å². The zero-order chi connectivity index (χ0) is 12.4. The van der Waals surface area contributed by atoms with E-state index in [1.807, 2.05) is 12.1 Å². The molecule has 2 aromatic rings. The summed E-state index contributed by atoms with van der Waals surface area (Å²) in [4.78, 5) is 8.00. The maximum atomic E-state index is 6.11. The van der Waals surface area contributed by atoms with Crippen LogP contribution in [0, 0.1) is 0 Å². The van der Waals surface area contributed by atoms with Crippen molar-refractivity contribution in [1.29, 1.82) is 0 Å². The highest BCUT2D eigenvalue weighted by atomic mass is 79.9. The molecule has 0 unspecified atom stereocenters. The molecule has 0 aliphatic carbocycles. The van der Waals surface area contributed by atoms with E-state index in [4.69, 9.17) is 23.2 Å². The van der Waals surface area contributed by atoms with Gasteiger partial charge in [0.1, 0.15) is 16.7 Å². The second kappa shape index (κ2) is 5.52. The highest BCUT2D eigenvalue weighted by Gasteiger charge is 2.09. The molecule has 0 aliphatic heterocycles. The van der Waals surface area contributed by atoms with Gasteiger partial charge in [-0.1, -0.05) is 23.2 Å². The Bertz CT molecular complexity index is 563. The van der Waals surface area contributed by atoms with Crippen molar-refractivity contribution in [3.8, 4) is 0 Å². The third kappa shape index (κ3) is 3.10. The fourth-order valence-electron chi connectivity index (χ4n) is 1.16. The van der Waals surface area contributed by atoms with Crippen LogP contribution < -0.4 is 5.32 Å². The van der Waals surface area contributed by atoms with E-state index in [1.165, 1.54) is 6.33 Å². The number of benzene rings is 1. The summed E-state index contributed by atoms with van der Waals surface area (Å²) in [5.41, 5.74) is 0.686. The molecule has 0 bridgehead atoms. The second-order valence-electron chi connectivity index (χ2n) is 3.07. The maximum absolute atomic E-state index is 6.11. The van der Waals surface area contributed by atoms with Crippen LogP contribution >= 0.6 is 55.1 Å². The van der Waals surface area contributed by atoms with Crippen LogP contribution in [0.15, 0.2) is 33.6 Å². The fourth-order valence-corrected chi connectivity index (χ4v) is 2.29. The first-order valence-electron chi connectivity index (χ1n) is 4.46. The van der Waals surface area contributed by atoms with Crippen molar-refractivity contribution in [2.24, 2.45) is 0 Å². The summed E-state index contributed by atoms with van der Waals surface area (Å²) in [6.45, 7) is 0. The largest absolute Gasteiger partial charge is 0.339 e. The molecule has 0 saturated carbocycles. The number of halogens is 4. The lowest BCUT2D eigenvalue weighted by Gasteiger charge is -2.09. The van der Waals surface area contributed by atoms with E-state index in [0.717, 1.165) is 4.47 Å². The molecule has 88 valence electrons. The van der Waals surface area contributed by atoms with Crippen LogP contribution in [0.4, 0.5) is 11.5 Å². The zero-order valence-electron chi connectivity index (χ0n) is 8.22. The number of hydrogen-bond donors (Lipinski definition) is 1. The van der Waals surface area contributed by atoms with Gasteiger partial charge in [-0.2, -0.15) is 0 Å². The van der Waals surface area contributed by atoms with Crippen LogP contribution in [0.1, 0.15) is 0 Å². The molecule has 0 atom stereocenters. The Hall–Kier alpha value is -0.360. The van der Waals surface area contributed by atoms with Gasteiger partial charge < -0.3 is 5.32 Å². The van der Waals surface area contributed by atoms with Crippen molar-refractivity contribution in [2.75, 3.05) is 5.32 Å². The summed E-state index contributed by atoms with van der Waals surface area (Å²) in [6, 6.07) is 5.37. The molecule has 1 N–H and O–H groups in total. The molecular formula is C10H5Br2Cl2N3. The van der Waals surface area contributed by atoms with E-state index < -0.39 is 0 Å². The summed E-state index contributed by atoms with van der Waals surface area (Å²) in [5, 5.41) is 3.97. The van der Waals surface area contributed by atoms with Crippen molar-refractivity contribution >= 4 is 66.6 Å². The first kappa shape index (κ1) is 13.1. The average molecular weight is 398 g/mol. The van der Waals surface area contributed by atoms with Gasteiger partial charge in [0.25, 0.3) is 0 Å². The molecule has 0 aliphatic rings. The molecule has 3 nitrogen and oxygen atoms in total. The molecule has 1 aromatic carbocycles. The first-order chi connectivity index (χ1) is 8.08. The summed E-state index contributed by atoms with van der Waals surface area (Å²) >= 11 is 18.7. The molecule has 0 radical (unpaired) electrons. The van der Waals surface area contributed by atoms with Gasteiger partial charge in [-0.05, 0) is 44.0 Å². The summed E-state index contributed by atoms with van der Waals surface area (Å²) in [5.74, 6) is 0.632. The Morgan fingerprint density at radius 3 is 2.53 bits per heavy atom. The number of aromatic nitrogens is 2. The summed E-state index contributed by atoms with van der Waals surface area (Å²) < 4.78 is 1.44. The Kier molecular flexibility index (Phi) is 4.25. The van der Waals surface area contributed by atoms with Crippen LogP contribution in [0.5, 0.6) is 0 Å². The van der Waals surface area contributed by atoms with Gasteiger partial charge in [0, 0.05) is 10.5 Å². The Morgan fingerprint density at radius 2 is 1.82 bits per heavy atom. The first-order valence-corrected chi connectivity index (χ1v) is 6.80. The molecule has 0 saturated heterocycles. The summed E-state index contributed by atoms with van der Waals surface area (Å²) in [6.07, 6.45) is 1.45. The highest BCUT2D eigenvalue weighted by molar-refractivity contribution is 9.10. The van der Waals surface area contributed by atoms with E-state index in [9.17, 15) is 0 Å².